The van der Waals surface area contributed by atoms with Crippen LogP contribution in [-0.4, -0.2) is 32.4 Å². The van der Waals surface area contributed by atoms with Crippen molar-refractivity contribution in [2.45, 2.75) is 136 Å². The molecule has 1 heterocycles. The molecular weight excluding hydrogens is 424 g/mol. The van der Waals surface area contributed by atoms with Crippen LogP contribution in [0.25, 0.3) is 0 Å². The molecule has 33 heavy (non-hydrogen) atoms. The van der Waals surface area contributed by atoms with Gasteiger partial charge in [-0.1, -0.05) is 59.6 Å². The van der Waals surface area contributed by atoms with Gasteiger partial charge in [-0.2, -0.15) is 0 Å². The molecule has 0 radical (unpaired) electrons. The fourth-order valence-corrected chi connectivity index (χ4v) is 10.4. The number of fused-ring (bicyclic) bond motifs is 8. The van der Waals surface area contributed by atoms with Gasteiger partial charge in [-0.15, -0.1) is 0 Å². The fourth-order valence-electron chi connectivity index (χ4n) is 9.00. The summed E-state index contributed by atoms with van der Waals surface area (Å²) in [5.74, 6) is 1.82. The fraction of sp³-hybridized carbons (Fsp3) is 0.931. The van der Waals surface area contributed by atoms with Gasteiger partial charge < -0.3 is 13.9 Å². The van der Waals surface area contributed by atoms with Gasteiger partial charge in [0.05, 0.1) is 18.3 Å². The largest absolute Gasteiger partial charge is 0.413 e. The highest BCUT2D eigenvalue weighted by Gasteiger charge is 2.69. The highest BCUT2D eigenvalue weighted by Crippen LogP contribution is 2.70. The van der Waals surface area contributed by atoms with Crippen LogP contribution in [0.4, 0.5) is 0 Å². The lowest BCUT2D eigenvalue weighted by atomic mass is 9.43. The third-order valence-electron chi connectivity index (χ3n) is 11.4. The number of hydrogen-bond acceptors (Lipinski definition) is 3. The lowest BCUT2D eigenvalue weighted by molar-refractivity contribution is -0.162. The second-order valence-corrected chi connectivity index (χ2v) is 19.6. The van der Waals surface area contributed by atoms with Crippen molar-refractivity contribution in [2.24, 2.45) is 34.5 Å². The molecule has 7 unspecified atom stereocenters. The van der Waals surface area contributed by atoms with Gasteiger partial charge in [-0.3, -0.25) is 0 Å². The van der Waals surface area contributed by atoms with E-state index in [1.165, 1.54) is 44.1 Å². The molecule has 5 fully saturated rings. The molecule has 9 atom stereocenters. The summed E-state index contributed by atoms with van der Waals surface area (Å²) in [4.78, 5) is 0. The van der Waals surface area contributed by atoms with E-state index in [0.29, 0.717) is 35.2 Å². The Bertz CT molecular complexity index is 812. The number of rotatable bonds is 2. The van der Waals surface area contributed by atoms with E-state index in [4.69, 9.17) is 20.5 Å². The van der Waals surface area contributed by atoms with Crippen LogP contribution in [0.2, 0.25) is 18.1 Å². The van der Waals surface area contributed by atoms with Crippen molar-refractivity contribution in [3.8, 4) is 0 Å². The van der Waals surface area contributed by atoms with Gasteiger partial charge >= 0.3 is 0 Å². The Morgan fingerprint density at radius 1 is 0.909 bits per heavy atom. The summed E-state index contributed by atoms with van der Waals surface area (Å²) < 4.78 is 20.7. The van der Waals surface area contributed by atoms with Crippen LogP contribution in [-0.2, 0) is 13.9 Å². The maximum absolute atomic E-state index is 7.17. The van der Waals surface area contributed by atoms with Crippen LogP contribution in [0.15, 0.2) is 12.2 Å². The van der Waals surface area contributed by atoms with E-state index in [2.05, 4.69) is 61.6 Å². The van der Waals surface area contributed by atoms with Gasteiger partial charge in [0, 0.05) is 0 Å². The van der Waals surface area contributed by atoms with Crippen molar-refractivity contribution < 1.29 is 13.9 Å². The Balaban J connectivity index is 1.53. The van der Waals surface area contributed by atoms with Crippen LogP contribution >= 0.6 is 0 Å². The molecule has 5 rings (SSSR count). The van der Waals surface area contributed by atoms with E-state index in [9.17, 15) is 0 Å². The Kier molecular flexibility index (Phi) is 5.52. The summed E-state index contributed by atoms with van der Waals surface area (Å²) in [6.07, 6.45) is 9.64. The summed E-state index contributed by atoms with van der Waals surface area (Å²) in [5, 5.41) is 0.237. The lowest BCUT2D eigenvalue weighted by Crippen LogP contribution is -2.63. The maximum atomic E-state index is 7.17. The average Bonchev–Trinajstić information content (AvgIpc) is 3.15. The van der Waals surface area contributed by atoms with Crippen LogP contribution < -0.4 is 0 Å². The predicted molar refractivity (Wildman–Crippen MR) is 138 cm³/mol. The minimum atomic E-state index is -1.84. The standard InChI is InChI=1S/C29H50O3Si/c1-18-17-29(8)19(14-15-21(29)32-33(9,10)26(2,3)4)22-23(18)28(7)16-12-11-13-20(28)24-25(22)31-27(5,6)30-24/h19-25H,1,11-17H2,2-10H3/t19?,20?,21?,22?,23?,24?,25?,28-,29-/m0/s1. The molecule has 188 valence electrons. The monoisotopic (exact) mass is 474 g/mol. The lowest BCUT2D eigenvalue weighted by Gasteiger charge is -2.63. The highest BCUT2D eigenvalue weighted by molar-refractivity contribution is 6.74. The van der Waals surface area contributed by atoms with Crippen LogP contribution in [0.1, 0.15) is 93.4 Å². The molecule has 4 saturated carbocycles. The third kappa shape index (κ3) is 3.51. The molecule has 0 aromatic rings. The first-order valence-corrected chi connectivity index (χ1v) is 16.7. The van der Waals surface area contributed by atoms with Crippen molar-refractivity contribution in [1.82, 2.24) is 0 Å². The van der Waals surface area contributed by atoms with Crippen molar-refractivity contribution in [3.63, 3.8) is 0 Å². The molecule has 4 heteroatoms. The van der Waals surface area contributed by atoms with E-state index >= 15 is 0 Å². The highest BCUT2D eigenvalue weighted by atomic mass is 28.4. The molecular formula is C29H50O3Si. The first-order valence-electron chi connectivity index (χ1n) is 13.8. The topological polar surface area (TPSA) is 27.7 Å². The Hall–Kier alpha value is -0.163. The molecule has 0 aromatic heterocycles. The van der Waals surface area contributed by atoms with E-state index < -0.39 is 14.1 Å². The van der Waals surface area contributed by atoms with Crippen LogP contribution in [0.3, 0.4) is 0 Å². The van der Waals surface area contributed by atoms with Gasteiger partial charge in [-0.05, 0) is 98.6 Å². The SMILES string of the molecule is C=C1C[C@]2(C)C(O[Si](C)(C)C(C)(C)C)CCC2C2C3OC(C)(C)OC3C3CCCC[C@]3(C)C12. The first kappa shape index (κ1) is 24.5. The average molecular weight is 475 g/mol. The molecule has 0 bridgehead atoms. The summed E-state index contributed by atoms with van der Waals surface area (Å²) in [5.41, 5.74) is 1.95. The zero-order chi connectivity index (χ0) is 24.2. The first-order chi connectivity index (χ1) is 15.1. The molecule has 0 amide bonds. The Morgan fingerprint density at radius 2 is 1.58 bits per heavy atom. The van der Waals surface area contributed by atoms with E-state index in [1.54, 1.807) is 0 Å². The molecule has 1 aliphatic heterocycles. The van der Waals surface area contributed by atoms with Crippen molar-refractivity contribution >= 4 is 8.32 Å². The zero-order valence-electron chi connectivity index (χ0n) is 22.9. The summed E-state index contributed by atoms with van der Waals surface area (Å²) >= 11 is 0. The molecule has 0 N–H and O–H groups in total. The third-order valence-corrected chi connectivity index (χ3v) is 15.9. The van der Waals surface area contributed by atoms with Gasteiger partial charge in [0.25, 0.3) is 0 Å². The molecule has 4 aliphatic carbocycles. The summed E-state index contributed by atoms with van der Waals surface area (Å²) in [6, 6.07) is 0. The van der Waals surface area contributed by atoms with Crippen LogP contribution in [0.5, 0.6) is 0 Å². The van der Waals surface area contributed by atoms with Gasteiger partial charge in [0.1, 0.15) is 0 Å². The van der Waals surface area contributed by atoms with Gasteiger partial charge in [0.15, 0.2) is 14.1 Å². The van der Waals surface area contributed by atoms with Crippen molar-refractivity contribution in [2.75, 3.05) is 0 Å². The van der Waals surface area contributed by atoms with Crippen molar-refractivity contribution in [3.05, 3.63) is 12.2 Å². The number of ether oxygens (including phenoxy) is 2. The quantitative estimate of drug-likeness (QED) is 0.303. The number of hydrogen-bond donors (Lipinski definition) is 0. The zero-order valence-corrected chi connectivity index (χ0v) is 23.9. The maximum Gasteiger partial charge on any atom is 0.192 e. The van der Waals surface area contributed by atoms with E-state index in [0.717, 1.165) is 6.42 Å². The Labute approximate surface area is 204 Å². The number of allylic oxidation sites excluding steroid dienone is 1. The second kappa shape index (κ2) is 7.43. The molecule has 0 spiro atoms. The summed E-state index contributed by atoms with van der Waals surface area (Å²) in [7, 11) is -1.84. The van der Waals surface area contributed by atoms with Gasteiger partial charge in [0.2, 0.25) is 0 Å². The van der Waals surface area contributed by atoms with E-state index in [-0.39, 0.29) is 22.7 Å². The minimum absolute atomic E-state index is 0.159. The minimum Gasteiger partial charge on any atom is -0.413 e. The molecule has 0 aromatic carbocycles. The van der Waals surface area contributed by atoms with E-state index in [1.807, 2.05) is 0 Å². The van der Waals surface area contributed by atoms with Crippen LogP contribution in [0, 0.1) is 34.5 Å². The van der Waals surface area contributed by atoms with Gasteiger partial charge in [-0.25, -0.2) is 0 Å². The smallest absolute Gasteiger partial charge is 0.192 e. The predicted octanol–water partition coefficient (Wildman–Crippen LogP) is 7.72. The summed E-state index contributed by atoms with van der Waals surface area (Å²) in [6.45, 7) is 26.2. The molecule has 5 aliphatic rings. The molecule has 3 nitrogen and oxygen atoms in total. The van der Waals surface area contributed by atoms with Crippen molar-refractivity contribution in [1.29, 1.82) is 0 Å². The Morgan fingerprint density at radius 3 is 2.24 bits per heavy atom. The molecule has 1 saturated heterocycles. The normalized spacial score (nSPS) is 49.2. The second-order valence-electron chi connectivity index (χ2n) is 14.9.